The van der Waals surface area contributed by atoms with Gasteiger partial charge in [0.25, 0.3) is 5.91 Å². The van der Waals surface area contributed by atoms with Crippen LogP contribution in [-0.2, 0) is 4.79 Å². The third kappa shape index (κ3) is 4.52. The van der Waals surface area contributed by atoms with Crippen molar-refractivity contribution in [3.8, 4) is 0 Å². The third-order valence-corrected chi connectivity index (χ3v) is 6.14. The van der Waals surface area contributed by atoms with Crippen LogP contribution >= 0.6 is 0 Å². The van der Waals surface area contributed by atoms with Crippen molar-refractivity contribution >= 4 is 17.3 Å². The summed E-state index contributed by atoms with van der Waals surface area (Å²) in [6.45, 7) is 2.78. The molecule has 1 atom stereocenters. The van der Waals surface area contributed by atoms with Crippen molar-refractivity contribution in [2.24, 2.45) is 5.10 Å². The fraction of sp³-hybridized carbons (Fsp3) is 0.280. The fourth-order valence-electron chi connectivity index (χ4n) is 4.38. The second kappa shape index (κ2) is 9.15. The number of hydrogen-bond acceptors (Lipinski definition) is 5. The highest BCUT2D eigenvalue weighted by Gasteiger charge is 2.35. The first-order valence-electron chi connectivity index (χ1n) is 11.0. The number of halogens is 2. The number of piperazine rings is 1. The van der Waals surface area contributed by atoms with Crippen LogP contribution in [0.4, 0.5) is 14.5 Å². The van der Waals surface area contributed by atoms with Crippen LogP contribution in [0, 0.1) is 11.6 Å². The molecule has 0 bridgehead atoms. The van der Waals surface area contributed by atoms with E-state index < -0.39 is 0 Å². The van der Waals surface area contributed by atoms with Gasteiger partial charge in [-0.05, 0) is 42.0 Å². The van der Waals surface area contributed by atoms with Gasteiger partial charge in [-0.3, -0.25) is 9.69 Å². The van der Waals surface area contributed by atoms with Gasteiger partial charge in [-0.1, -0.05) is 24.3 Å². The van der Waals surface area contributed by atoms with Crippen LogP contribution in [0.1, 0.15) is 23.8 Å². The number of furan rings is 1. The van der Waals surface area contributed by atoms with Crippen LogP contribution in [0.15, 0.2) is 76.4 Å². The summed E-state index contributed by atoms with van der Waals surface area (Å²) in [5.41, 5.74) is 2.09. The van der Waals surface area contributed by atoms with Crippen molar-refractivity contribution in [2.75, 3.05) is 37.6 Å². The molecule has 3 heterocycles. The number of anilines is 1. The number of para-hydroxylation sites is 1. The SMILES string of the molecule is O=C(CN1CCN(c2ccccc2F)CC1)N1N=C(c2ccc(F)cc2)C[C@H]1c1ccco1. The fourth-order valence-corrected chi connectivity index (χ4v) is 4.38. The molecule has 2 aliphatic heterocycles. The van der Waals surface area contributed by atoms with E-state index in [1.165, 1.54) is 23.2 Å². The average molecular weight is 450 g/mol. The Kier molecular flexibility index (Phi) is 5.92. The first kappa shape index (κ1) is 21.3. The summed E-state index contributed by atoms with van der Waals surface area (Å²) in [6.07, 6.45) is 2.07. The quantitative estimate of drug-likeness (QED) is 0.589. The van der Waals surface area contributed by atoms with Crippen LogP contribution in [-0.4, -0.2) is 54.3 Å². The Hall–Kier alpha value is -3.52. The van der Waals surface area contributed by atoms with Gasteiger partial charge in [0.1, 0.15) is 23.4 Å². The molecule has 1 fully saturated rings. The lowest BCUT2D eigenvalue weighted by Crippen LogP contribution is -2.49. The molecule has 1 amide bonds. The first-order valence-corrected chi connectivity index (χ1v) is 11.0. The van der Waals surface area contributed by atoms with Crippen molar-refractivity contribution in [3.63, 3.8) is 0 Å². The van der Waals surface area contributed by atoms with Crippen LogP contribution in [0.2, 0.25) is 0 Å². The molecule has 0 unspecified atom stereocenters. The van der Waals surface area contributed by atoms with Gasteiger partial charge < -0.3 is 9.32 Å². The van der Waals surface area contributed by atoms with Crippen molar-refractivity contribution in [1.29, 1.82) is 0 Å². The third-order valence-electron chi connectivity index (χ3n) is 6.14. The smallest absolute Gasteiger partial charge is 0.257 e. The minimum atomic E-state index is -0.341. The first-order chi connectivity index (χ1) is 16.1. The molecule has 8 heteroatoms. The molecule has 1 aromatic heterocycles. The van der Waals surface area contributed by atoms with Crippen LogP contribution in [0.3, 0.4) is 0 Å². The zero-order chi connectivity index (χ0) is 22.8. The highest BCUT2D eigenvalue weighted by atomic mass is 19.1. The maximum Gasteiger partial charge on any atom is 0.257 e. The van der Waals surface area contributed by atoms with E-state index in [0.717, 1.165) is 5.56 Å². The lowest BCUT2D eigenvalue weighted by molar-refractivity contribution is -0.134. The Morgan fingerprint density at radius 1 is 0.970 bits per heavy atom. The summed E-state index contributed by atoms with van der Waals surface area (Å²) < 4.78 is 33.0. The van der Waals surface area contributed by atoms with E-state index in [-0.39, 0.29) is 30.1 Å². The summed E-state index contributed by atoms with van der Waals surface area (Å²) in [6, 6.07) is 16.1. The lowest BCUT2D eigenvalue weighted by atomic mass is 10.0. The van der Waals surface area contributed by atoms with Crippen LogP contribution in [0.5, 0.6) is 0 Å². The lowest BCUT2D eigenvalue weighted by Gasteiger charge is -2.36. The molecule has 1 saturated heterocycles. The Morgan fingerprint density at radius 2 is 1.73 bits per heavy atom. The number of hydrazone groups is 1. The van der Waals surface area contributed by atoms with E-state index in [4.69, 9.17) is 4.42 Å². The van der Waals surface area contributed by atoms with Crippen LogP contribution in [0.25, 0.3) is 0 Å². The zero-order valence-electron chi connectivity index (χ0n) is 18.0. The Bertz CT molecular complexity index is 1140. The number of rotatable bonds is 5. The highest BCUT2D eigenvalue weighted by molar-refractivity contribution is 6.03. The Balaban J connectivity index is 1.28. The Morgan fingerprint density at radius 3 is 2.42 bits per heavy atom. The van der Waals surface area contributed by atoms with Crippen molar-refractivity contribution in [2.45, 2.75) is 12.5 Å². The van der Waals surface area contributed by atoms with Gasteiger partial charge in [0.2, 0.25) is 0 Å². The van der Waals surface area contributed by atoms with E-state index in [9.17, 15) is 13.6 Å². The van der Waals surface area contributed by atoms with E-state index in [1.807, 2.05) is 17.0 Å². The zero-order valence-corrected chi connectivity index (χ0v) is 18.0. The molecule has 0 saturated carbocycles. The van der Waals surface area contributed by atoms with Gasteiger partial charge in [-0.2, -0.15) is 5.10 Å². The molecule has 2 aromatic carbocycles. The summed E-state index contributed by atoms with van der Waals surface area (Å²) >= 11 is 0. The van der Waals surface area contributed by atoms with Gasteiger partial charge in [-0.25, -0.2) is 13.8 Å². The molecule has 0 spiro atoms. The normalized spacial score (nSPS) is 19.1. The predicted molar refractivity (Wildman–Crippen MR) is 121 cm³/mol. The maximum atomic E-state index is 14.1. The molecule has 0 radical (unpaired) electrons. The monoisotopic (exact) mass is 450 g/mol. The van der Waals surface area contributed by atoms with Crippen molar-refractivity contribution in [3.05, 3.63) is 89.9 Å². The number of amides is 1. The van der Waals surface area contributed by atoms with E-state index in [2.05, 4.69) is 10.0 Å². The van der Waals surface area contributed by atoms with Gasteiger partial charge in [0.05, 0.1) is 24.2 Å². The number of hydrogen-bond donors (Lipinski definition) is 0. The summed E-state index contributed by atoms with van der Waals surface area (Å²) in [4.78, 5) is 17.3. The van der Waals surface area contributed by atoms with Crippen molar-refractivity contribution < 1.29 is 18.0 Å². The summed E-state index contributed by atoms with van der Waals surface area (Å²) in [5.74, 6) is -0.0214. The molecule has 0 aliphatic carbocycles. The molecule has 33 heavy (non-hydrogen) atoms. The molecule has 6 nitrogen and oxygen atoms in total. The standard InChI is InChI=1S/C25H24F2N4O2/c26-19-9-7-18(8-10-19)21-16-23(24-6-3-15-33-24)31(28-21)25(32)17-29-11-13-30(14-12-29)22-5-2-1-4-20(22)27/h1-10,15,23H,11-14,16-17H2/t23-/m0/s1. The minimum absolute atomic E-state index is 0.132. The molecular weight excluding hydrogens is 426 g/mol. The number of carbonyl (C=O) groups is 1. The van der Waals surface area contributed by atoms with E-state index in [0.29, 0.717) is 49.8 Å². The van der Waals surface area contributed by atoms with Gasteiger partial charge >= 0.3 is 0 Å². The topological polar surface area (TPSA) is 52.3 Å². The minimum Gasteiger partial charge on any atom is -0.467 e. The molecular formula is C25H24F2N4O2. The summed E-state index contributed by atoms with van der Waals surface area (Å²) in [5, 5.41) is 6.08. The van der Waals surface area contributed by atoms with Gasteiger partial charge in [0, 0.05) is 32.6 Å². The molecule has 5 rings (SSSR count). The van der Waals surface area contributed by atoms with Gasteiger partial charge in [-0.15, -0.1) is 0 Å². The molecule has 2 aliphatic rings. The number of carbonyl (C=O) groups excluding carboxylic acids is 1. The molecule has 0 N–H and O–H groups in total. The molecule has 170 valence electrons. The predicted octanol–water partition coefficient (Wildman–Crippen LogP) is 4.06. The largest absolute Gasteiger partial charge is 0.467 e. The number of benzene rings is 2. The van der Waals surface area contributed by atoms with E-state index in [1.54, 1.807) is 36.6 Å². The Labute approximate surface area is 190 Å². The van der Waals surface area contributed by atoms with Gasteiger partial charge in [0.15, 0.2) is 0 Å². The number of nitrogens with zero attached hydrogens (tertiary/aromatic N) is 4. The average Bonchev–Trinajstić information content (AvgIpc) is 3.51. The maximum absolute atomic E-state index is 14.1. The summed E-state index contributed by atoms with van der Waals surface area (Å²) in [7, 11) is 0. The van der Waals surface area contributed by atoms with E-state index >= 15 is 0 Å². The highest BCUT2D eigenvalue weighted by Crippen LogP contribution is 2.33. The molecule has 3 aromatic rings. The van der Waals surface area contributed by atoms with Crippen LogP contribution < -0.4 is 4.90 Å². The second-order valence-corrected chi connectivity index (χ2v) is 8.24. The van der Waals surface area contributed by atoms with Crippen molar-refractivity contribution in [1.82, 2.24) is 9.91 Å². The second-order valence-electron chi connectivity index (χ2n) is 8.24.